The zero-order valence-electron chi connectivity index (χ0n) is 13.3. The number of benzene rings is 1. The van der Waals surface area contributed by atoms with Gasteiger partial charge in [-0.3, -0.25) is 15.6 Å². The van der Waals surface area contributed by atoms with Crippen LogP contribution in [-0.4, -0.2) is 27.7 Å². The van der Waals surface area contributed by atoms with E-state index in [4.69, 9.17) is 12.2 Å². The van der Waals surface area contributed by atoms with Gasteiger partial charge >= 0.3 is 0 Å². The van der Waals surface area contributed by atoms with Crippen LogP contribution in [0.25, 0.3) is 0 Å². The molecule has 1 aromatic carbocycles. The Morgan fingerprint density at radius 3 is 2.69 bits per heavy atom. The first-order valence-corrected chi connectivity index (χ1v) is 9.19. The standard InChI is InChI=1S/C15H16FN5O2S3/c16-10-1-3-11(4-2-10)18-14(25)21-20-12(23)7-9(8-22)13(24)19-15-17-5-6-26-15/h1-6,8-9,13,24H,7H2,(H,17,19)(H,20,23)(H2,18,21,25). The molecule has 0 aliphatic rings. The van der Waals surface area contributed by atoms with Gasteiger partial charge in [0.1, 0.15) is 12.1 Å². The molecule has 0 saturated heterocycles. The first-order valence-electron chi connectivity index (χ1n) is 7.38. The summed E-state index contributed by atoms with van der Waals surface area (Å²) in [5, 5.41) is 7.68. The molecule has 0 aliphatic carbocycles. The fraction of sp³-hybridized carbons (Fsp3) is 0.200. The van der Waals surface area contributed by atoms with Crippen molar-refractivity contribution in [2.75, 3.05) is 10.6 Å². The molecule has 0 aliphatic heterocycles. The lowest BCUT2D eigenvalue weighted by Crippen LogP contribution is -2.45. The van der Waals surface area contributed by atoms with E-state index in [0.29, 0.717) is 17.1 Å². The maximum atomic E-state index is 12.8. The summed E-state index contributed by atoms with van der Waals surface area (Å²) in [4.78, 5) is 27.3. The summed E-state index contributed by atoms with van der Waals surface area (Å²) in [6.45, 7) is 0. The third-order valence-corrected chi connectivity index (χ3v) is 4.54. The average Bonchev–Trinajstić information content (AvgIpc) is 3.12. The Bertz CT molecular complexity index is 742. The molecule has 138 valence electrons. The molecule has 0 radical (unpaired) electrons. The second-order valence-corrected chi connectivity index (χ2v) is 6.92. The highest BCUT2D eigenvalue weighted by Gasteiger charge is 2.21. The number of hydrazine groups is 1. The van der Waals surface area contributed by atoms with E-state index in [2.05, 4.69) is 39.1 Å². The van der Waals surface area contributed by atoms with Gasteiger partial charge in [-0.25, -0.2) is 9.37 Å². The van der Waals surface area contributed by atoms with Crippen LogP contribution in [-0.2, 0) is 9.59 Å². The molecule has 26 heavy (non-hydrogen) atoms. The molecule has 2 rings (SSSR count). The maximum absolute atomic E-state index is 12.8. The van der Waals surface area contributed by atoms with Gasteiger partial charge in [0.2, 0.25) is 5.91 Å². The highest BCUT2D eigenvalue weighted by Crippen LogP contribution is 2.18. The van der Waals surface area contributed by atoms with Crippen molar-refractivity contribution in [2.24, 2.45) is 5.92 Å². The molecular weight excluding hydrogens is 397 g/mol. The summed E-state index contributed by atoms with van der Waals surface area (Å²) in [5.74, 6) is -1.47. The van der Waals surface area contributed by atoms with Gasteiger partial charge in [-0.2, -0.15) is 12.6 Å². The first kappa shape index (κ1) is 20.1. The number of hydrogen-bond donors (Lipinski definition) is 5. The molecule has 2 atom stereocenters. The normalized spacial score (nSPS) is 12.5. The predicted octanol–water partition coefficient (Wildman–Crippen LogP) is 2.17. The molecule has 0 saturated carbocycles. The smallest absolute Gasteiger partial charge is 0.239 e. The lowest BCUT2D eigenvalue weighted by molar-refractivity contribution is -0.124. The predicted molar refractivity (Wildman–Crippen MR) is 107 cm³/mol. The van der Waals surface area contributed by atoms with Gasteiger partial charge in [0.25, 0.3) is 0 Å². The Labute approximate surface area is 164 Å². The van der Waals surface area contributed by atoms with E-state index in [1.807, 2.05) is 0 Å². The van der Waals surface area contributed by atoms with Gasteiger partial charge in [-0.05, 0) is 36.5 Å². The number of nitrogens with zero attached hydrogens (tertiary/aromatic N) is 1. The van der Waals surface area contributed by atoms with Gasteiger partial charge in [-0.15, -0.1) is 11.3 Å². The van der Waals surface area contributed by atoms with Crippen molar-refractivity contribution < 1.29 is 14.0 Å². The minimum atomic E-state index is -0.664. The van der Waals surface area contributed by atoms with Crippen molar-refractivity contribution >= 4 is 64.3 Å². The summed E-state index contributed by atoms with van der Waals surface area (Å²) in [7, 11) is 0. The van der Waals surface area contributed by atoms with Crippen LogP contribution in [0.5, 0.6) is 0 Å². The van der Waals surface area contributed by atoms with Crippen LogP contribution in [0.3, 0.4) is 0 Å². The van der Waals surface area contributed by atoms with Gasteiger partial charge < -0.3 is 15.4 Å². The first-order chi connectivity index (χ1) is 12.5. The fourth-order valence-electron chi connectivity index (χ4n) is 1.85. The largest absolute Gasteiger partial charge is 0.349 e. The molecule has 0 spiro atoms. The second-order valence-electron chi connectivity index (χ2n) is 5.06. The second kappa shape index (κ2) is 10.0. The van der Waals surface area contributed by atoms with Crippen molar-refractivity contribution in [2.45, 2.75) is 11.8 Å². The Hall–Kier alpha value is -2.24. The molecule has 2 unspecified atom stereocenters. The number of amides is 1. The van der Waals surface area contributed by atoms with Crippen molar-refractivity contribution in [3.8, 4) is 0 Å². The Kier molecular flexibility index (Phi) is 7.75. The van der Waals surface area contributed by atoms with Crippen LogP contribution < -0.4 is 21.5 Å². The van der Waals surface area contributed by atoms with Crippen LogP contribution in [0.2, 0.25) is 0 Å². The molecule has 0 bridgehead atoms. The van der Waals surface area contributed by atoms with E-state index in [-0.39, 0.29) is 17.4 Å². The van der Waals surface area contributed by atoms with E-state index in [9.17, 15) is 14.0 Å². The molecule has 2 aromatic rings. The monoisotopic (exact) mass is 413 g/mol. The Morgan fingerprint density at radius 1 is 1.35 bits per heavy atom. The summed E-state index contributed by atoms with van der Waals surface area (Å²) < 4.78 is 12.8. The number of aldehydes is 1. The fourth-order valence-corrected chi connectivity index (χ4v) is 2.97. The van der Waals surface area contributed by atoms with E-state index >= 15 is 0 Å². The molecule has 0 fully saturated rings. The number of halogens is 1. The van der Waals surface area contributed by atoms with Gasteiger partial charge in [0.05, 0.1) is 11.3 Å². The number of thiazole rings is 1. The lowest BCUT2D eigenvalue weighted by Gasteiger charge is -2.19. The molecular formula is C15H16FN5O2S3. The minimum absolute atomic E-state index is 0.0950. The quantitative estimate of drug-likeness (QED) is 0.156. The molecule has 1 amide bonds. The van der Waals surface area contributed by atoms with Gasteiger partial charge in [0, 0.05) is 23.7 Å². The number of rotatable bonds is 7. The van der Waals surface area contributed by atoms with E-state index in [1.54, 1.807) is 11.6 Å². The van der Waals surface area contributed by atoms with Crippen LogP contribution in [0, 0.1) is 11.7 Å². The highest BCUT2D eigenvalue weighted by molar-refractivity contribution is 7.81. The van der Waals surface area contributed by atoms with E-state index in [1.165, 1.54) is 35.6 Å². The van der Waals surface area contributed by atoms with Crippen LogP contribution in [0.1, 0.15) is 6.42 Å². The van der Waals surface area contributed by atoms with Crippen LogP contribution >= 0.6 is 36.2 Å². The zero-order valence-corrected chi connectivity index (χ0v) is 15.8. The number of carbonyl (C=O) groups excluding carboxylic acids is 2. The number of aromatic nitrogens is 1. The third kappa shape index (κ3) is 6.58. The third-order valence-electron chi connectivity index (χ3n) is 3.12. The zero-order chi connectivity index (χ0) is 18.9. The number of thiocarbonyl (C=S) groups is 1. The number of anilines is 2. The number of hydrogen-bond acceptors (Lipinski definition) is 7. The summed E-state index contributed by atoms with van der Waals surface area (Å²) in [6, 6.07) is 5.56. The highest BCUT2D eigenvalue weighted by atomic mass is 32.1. The Morgan fingerprint density at radius 2 is 2.08 bits per heavy atom. The van der Waals surface area contributed by atoms with Crippen LogP contribution in [0.15, 0.2) is 35.8 Å². The van der Waals surface area contributed by atoms with Crippen LogP contribution in [0.4, 0.5) is 15.2 Å². The Balaban J connectivity index is 1.76. The van der Waals surface area contributed by atoms with Crippen molar-refractivity contribution in [3.63, 3.8) is 0 Å². The minimum Gasteiger partial charge on any atom is -0.349 e. The molecule has 11 heteroatoms. The number of thiol groups is 1. The number of nitrogens with one attached hydrogen (secondary N) is 4. The SMILES string of the molecule is O=CC(CC(=O)NNC(=S)Nc1ccc(F)cc1)C(S)Nc1nccs1. The van der Waals surface area contributed by atoms with Gasteiger partial charge in [0.15, 0.2) is 10.2 Å². The van der Waals surface area contributed by atoms with Crippen molar-refractivity contribution in [3.05, 3.63) is 41.7 Å². The topological polar surface area (TPSA) is 95.2 Å². The molecule has 7 nitrogen and oxygen atoms in total. The average molecular weight is 414 g/mol. The molecule has 4 N–H and O–H groups in total. The lowest BCUT2D eigenvalue weighted by atomic mass is 10.1. The number of carbonyl (C=O) groups is 2. The summed E-state index contributed by atoms with van der Waals surface area (Å²) in [6.07, 6.45) is 2.18. The van der Waals surface area contributed by atoms with E-state index < -0.39 is 17.2 Å². The van der Waals surface area contributed by atoms with Crippen molar-refractivity contribution in [1.29, 1.82) is 0 Å². The van der Waals surface area contributed by atoms with E-state index in [0.717, 1.165) is 0 Å². The van der Waals surface area contributed by atoms with Crippen molar-refractivity contribution in [1.82, 2.24) is 15.8 Å². The molecule has 1 heterocycles. The summed E-state index contributed by atoms with van der Waals surface area (Å²) >= 11 is 10.7. The summed E-state index contributed by atoms with van der Waals surface area (Å²) in [5.41, 5.74) is 5.47. The maximum Gasteiger partial charge on any atom is 0.239 e. The van der Waals surface area contributed by atoms with Gasteiger partial charge in [-0.1, -0.05) is 0 Å². The molecule has 1 aromatic heterocycles.